The number of carbonyl (C=O) groups is 2. The lowest BCUT2D eigenvalue weighted by molar-refractivity contribution is -0.139. The Kier molecular flexibility index (Phi) is 6.14. The Labute approximate surface area is 201 Å². The molecule has 0 bridgehead atoms. The first-order valence-corrected chi connectivity index (χ1v) is 12.0. The third-order valence-corrected chi connectivity index (χ3v) is 6.87. The predicted molar refractivity (Wildman–Crippen MR) is 133 cm³/mol. The number of hydrogen-bond donors (Lipinski definition) is 2. The first-order valence-electron chi connectivity index (χ1n) is 11.1. The van der Waals surface area contributed by atoms with Gasteiger partial charge in [0.05, 0.1) is 0 Å². The third kappa shape index (κ3) is 4.45. The number of fused-ring (bicyclic) bond motifs is 3. The molecule has 0 aliphatic heterocycles. The second kappa shape index (κ2) is 9.53. The average molecular weight is 470 g/mol. The lowest BCUT2D eigenvalue weighted by Gasteiger charge is -2.17. The molecule has 6 heteroatoms. The van der Waals surface area contributed by atoms with Crippen molar-refractivity contribution in [3.8, 4) is 22.3 Å². The summed E-state index contributed by atoms with van der Waals surface area (Å²) in [6.45, 7) is 0.140. The maximum Gasteiger partial charge on any atom is 0.407 e. The molecule has 4 aromatic rings. The molecule has 3 aromatic carbocycles. The van der Waals surface area contributed by atoms with Crippen molar-refractivity contribution in [2.45, 2.75) is 18.4 Å². The molecule has 0 unspecified atom stereocenters. The molecule has 5 nitrogen and oxygen atoms in total. The number of amides is 1. The Hall–Kier alpha value is -3.90. The summed E-state index contributed by atoms with van der Waals surface area (Å²) in [5.41, 5.74) is 7.52. The fourth-order valence-electron chi connectivity index (χ4n) is 4.48. The largest absolute Gasteiger partial charge is 0.480 e. The van der Waals surface area contributed by atoms with Crippen LogP contribution in [-0.2, 0) is 16.0 Å². The molecule has 1 amide bonds. The van der Waals surface area contributed by atoms with E-state index in [0.29, 0.717) is 0 Å². The Bertz CT molecular complexity index is 1270. The second-order valence-electron chi connectivity index (χ2n) is 8.27. The summed E-state index contributed by atoms with van der Waals surface area (Å²) in [4.78, 5) is 24.4. The van der Waals surface area contributed by atoms with Crippen LogP contribution in [0.4, 0.5) is 4.79 Å². The van der Waals surface area contributed by atoms with Crippen LogP contribution >= 0.6 is 11.3 Å². The SMILES string of the molecule is O=C(N[C@@H](Cc1ccc(-c2ccsc2)cc1)C(=O)O)OCC1c2ccccc2-c2ccccc21. The van der Waals surface area contributed by atoms with Crippen molar-refractivity contribution in [1.29, 1.82) is 0 Å². The van der Waals surface area contributed by atoms with E-state index in [0.717, 1.165) is 38.9 Å². The van der Waals surface area contributed by atoms with Crippen molar-refractivity contribution >= 4 is 23.4 Å². The number of benzene rings is 3. The summed E-state index contributed by atoms with van der Waals surface area (Å²) in [6.07, 6.45) is -0.562. The smallest absolute Gasteiger partial charge is 0.407 e. The Morgan fingerprint density at radius 1 is 0.882 bits per heavy atom. The summed E-state index contributed by atoms with van der Waals surface area (Å²) in [5, 5.41) is 16.3. The van der Waals surface area contributed by atoms with Gasteiger partial charge in [0.1, 0.15) is 12.6 Å². The van der Waals surface area contributed by atoms with E-state index in [4.69, 9.17) is 4.74 Å². The van der Waals surface area contributed by atoms with Gasteiger partial charge in [0.25, 0.3) is 0 Å². The topological polar surface area (TPSA) is 75.6 Å². The van der Waals surface area contributed by atoms with Crippen molar-refractivity contribution in [2.24, 2.45) is 0 Å². The maximum atomic E-state index is 12.5. The van der Waals surface area contributed by atoms with Gasteiger partial charge in [-0.1, -0.05) is 72.8 Å². The van der Waals surface area contributed by atoms with Gasteiger partial charge in [-0.25, -0.2) is 9.59 Å². The standard InChI is InChI=1S/C28H23NO4S/c30-27(31)26(15-18-9-11-19(12-10-18)20-13-14-34-17-20)29-28(32)33-16-25-23-7-3-1-5-21(23)22-6-2-4-8-24(22)25/h1-14,17,25-26H,15-16H2,(H,29,32)(H,30,31)/t26-/m0/s1. The molecular weight excluding hydrogens is 446 g/mol. The minimum atomic E-state index is -1.10. The summed E-state index contributed by atoms with van der Waals surface area (Å²) >= 11 is 1.63. The van der Waals surface area contributed by atoms with Crippen molar-refractivity contribution in [3.05, 3.63) is 106 Å². The van der Waals surface area contributed by atoms with Crippen molar-refractivity contribution in [3.63, 3.8) is 0 Å². The van der Waals surface area contributed by atoms with E-state index in [1.807, 2.05) is 72.1 Å². The predicted octanol–water partition coefficient (Wildman–Crippen LogP) is 5.95. The summed E-state index contributed by atoms with van der Waals surface area (Å²) in [5.74, 6) is -1.18. The maximum absolute atomic E-state index is 12.5. The molecule has 0 fully saturated rings. The fraction of sp³-hybridized carbons (Fsp3) is 0.143. The van der Waals surface area contributed by atoms with Gasteiger partial charge < -0.3 is 15.2 Å². The minimum Gasteiger partial charge on any atom is -0.480 e. The Morgan fingerprint density at radius 2 is 1.53 bits per heavy atom. The molecule has 1 atom stereocenters. The van der Waals surface area contributed by atoms with Gasteiger partial charge in [0.2, 0.25) is 0 Å². The molecule has 0 radical (unpaired) electrons. The van der Waals surface area contributed by atoms with E-state index in [1.165, 1.54) is 0 Å². The fourth-order valence-corrected chi connectivity index (χ4v) is 5.15. The number of carbonyl (C=O) groups excluding carboxylic acids is 1. The number of aliphatic carboxylic acids is 1. The lowest BCUT2D eigenvalue weighted by Crippen LogP contribution is -2.42. The second-order valence-corrected chi connectivity index (χ2v) is 9.05. The lowest BCUT2D eigenvalue weighted by atomic mass is 9.98. The first-order chi connectivity index (χ1) is 16.6. The quantitative estimate of drug-likeness (QED) is 0.351. The van der Waals surface area contributed by atoms with Gasteiger partial charge in [0.15, 0.2) is 0 Å². The van der Waals surface area contributed by atoms with Gasteiger partial charge in [-0.05, 0) is 55.8 Å². The van der Waals surface area contributed by atoms with Gasteiger partial charge in [-0.2, -0.15) is 11.3 Å². The van der Waals surface area contributed by atoms with Crippen LogP contribution < -0.4 is 5.32 Å². The molecule has 0 saturated heterocycles. The normalized spacial score (nSPS) is 13.1. The minimum absolute atomic E-state index is 0.0777. The van der Waals surface area contributed by atoms with Crippen LogP contribution in [0.3, 0.4) is 0 Å². The van der Waals surface area contributed by atoms with Crippen LogP contribution in [0.5, 0.6) is 0 Å². The molecule has 0 saturated carbocycles. The Morgan fingerprint density at radius 3 is 2.12 bits per heavy atom. The Balaban J connectivity index is 1.23. The number of carboxylic acid groups (broad SMARTS) is 1. The molecule has 1 heterocycles. The highest BCUT2D eigenvalue weighted by molar-refractivity contribution is 7.08. The van der Waals surface area contributed by atoms with E-state index in [9.17, 15) is 14.7 Å². The van der Waals surface area contributed by atoms with Crippen molar-refractivity contribution in [1.82, 2.24) is 5.32 Å². The zero-order valence-corrected chi connectivity index (χ0v) is 19.1. The molecule has 34 heavy (non-hydrogen) atoms. The number of thiophene rings is 1. The highest BCUT2D eigenvalue weighted by Gasteiger charge is 2.29. The van der Waals surface area contributed by atoms with E-state index < -0.39 is 18.1 Å². The number of alkyl carbamates (subject to hydrolysis) is 1. The van der Waals surface area contributed by atoms with Crippen LogP contribution in [-0.4, -0.2) is 29.8 Å². The third-order valence-electron chi connectivity index (χ3n) is 6.18. The van der Waals surface area contributed by atoms with E-state index in [2.05, 4.69) is 22.8 Å². The average Bonchev–Trinajstić information content (AvgIpc) is 3.50. The van der Waals surface area contributed by atoms with Crippen molar-refractivity contribution < 1.29 is 19.4 Å². The molecule has 1 aliphatic rings. The number of rotatable bonds is 7. The van der Waals surface area contributed by atoms with Crippen molar-refractivity contribution in [2.75, 3.05) is 6.61 Å². The summed E-state index contributed by atoms with van der Waals surface area (Å²) in [7, 11) is 0. The van der Waals surface area contributed by atoms with Gasteiger partial charge in [-0.3, -0.25) is 0 Å². The summed E-state index contributed by atoms with van der Waals surface area (Å²) < 4.78 is 5.51. The van der Waals surface area contributed by atoms with Gasteiger partial charge in [0, 0.05) is 12.3 Å². The number of hydrogen-bond acceptors (Lipinski definition) is 4. The first kappa shape index (κ1) is 21.9. The number of nitrogens with one attached hydrogen (secondary N) is 1. The molecule has 1 aliphatic carbocycles. The highest BCUT2D eigenvalue weighted by Crippen LogP contribution is 2.44. The molecule has 1 aromatic heterocycles. The van der Waals surface area contributed by atoms with Crippen LogP contribution in [0.2, 0.25) is 0 Å². The van der Waals surface area contributed by atoms with Crippen LogP contribution in [0.25, 0.3) is 22.3 Å². The summed E-state index contributed by atoms with van der Waals surface area (Å²) in [6, 6.07) is 24.8. The molecule has 0 spiro atoms. The molecule has 5 rings (SSSR count). The van der Waals surface area contributed by atoms with Crippen LogP contribution in [0.15, 0.2) is 89.6 Å². The number of ether oxygens (including phenoxy) is 1. The molecule has 170 valence electrons. The zero-order valence-electron chi connectivity index (χ0n) is 18.3. The van der Waals surface area contributed by atoms with E-state index in [-0.39, 0.29) is 18.9 Å². The van der Waals surface area contributed by atoms with Gasteiger partial charge >= 0.3 is 12.1 Å². The monoisotopic (exact) mass is 469 g/mol. The van der Waals surface area contributed by atoms with Gasteiger partial charge in [-0.15, -0.1) is 0 Å². The van der Waals surface area contributed by atoms with E-state index >= 15 is 0 Å². The molecule has 2 N–H and O–H groups in total. The highest BCUT2D eigenvalue weighted by atomic mass is 32.1. The van der Waals surface area contributed by atoms with Crippen LogP contribution in [0, 0.1) is 0 Å². The zero-order chi connectivity index (χ0) is 23.5. The molecular formula is C28H23NO4S. The van der Waals surface area contributed by atoms with E-state index in [1.54, 1.807) is 11.3 Å². The van der Waals surface area contributed by atoms with Crippen LogP contribution in [0.1, 0.15) is 22.6 Å². The number of carboxylic acids is 1.